The van der Waals surface area contributed by atoms with E-state index in [2.05, 4.69) is 25.9 Å². The smallest absolute Gasteiger partial charge is 0.407 e. The highest BCUT2D eigenvalue weighted by Gasteiger charge is 2.15. The molecule has 140 valence electrons. The van der Waals surface area contributed by atoms with Gasteiger partial charge in [0.2, 0.25) is 5.95 Å². The van der Waals surface area contributed by atoms with Crippen molar-refractivity contribution < 1.29 is 13.9 Å². The Hall–Kier alpha value is -2.90. The standard InChI is InChI=1S/C18H24FN5O2/c1-12-11-15(23-14-7-5-13(19)6-8-14)24-16(22-12)20-9-10-21-17(25)26-18(2,3)4/h5-8,11H,9-10H2,1-4H3,(H,21,25)(H2,20,22,23,24). The number of anilines is 3. The van der Waals surface area contributed by atoms with Crippen LogP contribution in [-0.2, 0) is 4.74 Å². The largest absolute Gasteiger partial charge is 0.444 e. The predicted molar refractivity (Wildman–Crippen MR) is 99.2 cm³/mol. The Kier molecular flexibility index (Phi) is 6.32. The molecule has 0 atom stereocenters. The Morgan fingerprint density at radius 1 is 1.15 bits per heavy atom. The third kappa shape index (κ3) is 6.92. The number of carbonyl (C=O) groups excluding carboxylic acids is 1. The van der Waals surface area contributed by atoms with Crippen LogP contribution in [0.15, 0.2) is 30.3 Å². The van der Waals surface area contributed by atoms with Gasteiger partial charge in [-0.25, -0.2) is 14.2 Å². The molecule has 1 aromatic heterocycles. The first-order valence-corrected chi connectivity index (χ1v) is 8.30. The molecule has 0 aliphatic heterocycles. The zero-order valence-corrected chi connectivity index (χ0v) is 15.4. The Bertz CT molecular complexity index is 744. The maximum absolute atomic E-state index is 13.0. The number of hydrogen-bond donors (Lipinski definition) is 3. The molecular formula is C18H24FN5O2. The molecule has 2 aromatic rings. The number of carbonyl (C=O) groups is 1. The molecule has 8 heteroatoms. The molecule has 0 radical (unpaired) electrons. The first-order valence-electron chi connectivity index (χ1n) is 8.30. The molecule has 0 fully saturated rings. The summed E-state index contributed by atoms with van der Waals surface area (Å²) in [6.45, 7) is 8.08. The number of amides is 1. The van der Waals surface area contributed by atoms with Crippen LogP contribution >= 0.6 is 0 Å². The van der Waals surface area contributed by atoms with Gasteiger partial charge < -0.3 is 20.7 Å². The zero-order chi connectivity index (χ0) is 19.2. The van der Waals surface area contributed by atoms with Gasteiger partial charge in [-0.2, -0.15) is 4.98 Å². The molecule has 0 aliphatic carbocycles. The Morgan fingerprint density at radius 3 is 2.50 bits per heavy atom. The molecule has 0 bridgehead atoms. The van der Waals surface area contributed by atoms with Crippen molar-refractivity contribution in [2.24, 2.45) is 0 Å². The van der Waals surface area contributed by atoms with Gasteiger partial charge in [-0.05, 0) is 52.0 Å². The number of hydrogen-bond acceptors (Lipinski definition) is 6. The second-order valence-electron chi connectivity index (χ2n) is 6.71. The molecule has 7 nitrogen and oxygen atoms in total. The molecule has 1 heterocycles. The van der Waals surface area contributed by atoms with Crippen molar-refractivity contribution in [2.75, 3.05) is 23.7 Å². The average Bonchev–Trinajstić information content (AvgIpc) is 2.52. The lowest BCUT2D eigenvalue weighted by Gasteiger charge is -2.19. The van der Waals surface area contributed by atoms with Crippen LogP contribution in [0.5, 0.6) is 0 Å². The van der Waals surface area contributed by atoms with E-state index in [4.69, 9.17) is 4.74 Å². The van der Waals surface area contributed by atoms with Gasteiger partial charge >= 0.3 is 6.09 Å². The van der Waals surface area contributed by atoms with Gasteiger partial charge in [-0.1, -0.05) is 0 Å². The maximum atomic E-state index is 13.0. The monoisotopic (exact) mass is 361 g/mol. The number of nitrogens with zero attached hydrogens (tertiary/aromatic N) is 2. The van der Waals surface area contributed by atoms with E-state index < -0.39 is 11.7 Å². The van der Waals surface area contributed by atoms with Crippen LogP contribution in [0.3, 0.4) is 0 Å². The minimum atomic E-state index is -0.530. The summed E-state index contributed by atoms with van der Waals surface area (Å²) in [5, 5.41) is 8.80. The van der Waals surface area contributed by atoms with Crippen LogP contribution in [0.25, 0.3) is 0 Å². The van der Waals surface area contributed by atoms with E-state index in [1.165, 1.54) is 12.1 Å². The quantitative estimate of drug-likeness (QED) is 0.681. The summed E-state index contributed by atoms with van der Waals surface area (Å²) in [6.07, 6.45) is -0.469. The summed E-state index contributed by atoms with van der Waals surface area (Å²) in [7, 11) is 0. The minimum absolute atomic E-state index is 0.297. The summed E-state index contributed by atoms with van der Waals surface area (Å²) < 4.78 is 18.1. The molecule has 0 spiro atoms. The van der Waals surface area contributed by atoms with E-state index in [0.29, 0.717) is 24.9 Å². The molecule has 0 saturated heterocycles. The minimum Gasteiger partial charge on any atom is -0.444 e. The summed E-state index contributed by atoms with van der Waals surface area (Å²) in [6, 6.07) is 7.79. The highest BCUT2D eigenvalue weighted by Crippen LogP contribution is 2.17. The van der Waals surface area contributed by atoms with E-state index in [-0.39, 0.29) is 5.82 Å². The number of benzene rings is 1. The average molecular weight is 361 g/mol. The number of rotatable bonds is 6. The first-order chi connectivity index (χ1) is 12.2. The Labute approximate surface area is 152 Å². The molecule has 1 amide bonds. The summed E-state index contributed by atoms with van der Waals surface area (Å²) in [5.74, 6) is 0.724. The molecule has 0 saturated carbocycles. The fourth-order valence-corrected chi connectivity index (χ4v) is 2.05. The molecule has 0 unspecified atom stereocenters. The van der Waals surface area contributed by atoms with E-state index in [1.54, 1.807) is 39.0 Å². The molecule has 3 N–H and O–H groups in total. The SMILES string of the molecule is Cc1cc(Nc2ccc(F)cc2)nc(NCCNC(=O)OC(C)(C)C)n1. The van der Waals surface area contributed by atoms with Crippen molar-refractivity contribution in [3.8, 4) is 0 Å². The van der Waals surface area contributed by atoms with Crippen LogP contribution < -0.4 is 16.0 Å². The highest BCUT2D eigenvalue weighted by atomic mass is 19.1. The van der Waals surface area contributed by atoms with E-state index in [1.807, 2.05) is 6.92 Å². The number of nitrogens with one attached hydrogen (secondary N) is 3. The highest BCUT2D eigenvalue weighted by molar-refractivity contribution is 5.67. The lowest BCUT2D eigenvalue weighted by atomic mass is 10.2. The number of alkyl carbamates (subject to hydrolysis) is 1. The maximum Gasteiger partial charge on any atom is 0.407 e. The zero-order valence-electron chi connectivity index (χ0n) is 15.4. The molecule has 26 heavy (non-hydrogen) atoms. The fourth-order valence-electron chi connectivity index (χ4n) is 2.05. The number of halogens is 1. The van der Waals surface area contributed by atoms with Gasteiger partial charge in [0, 0.05) is 30.5 Å². The van der Waals surface area contributed by atoms with Crippen molar-refractivity contribution in [1.29, 1.82) is 0 Å². The van der Waals surface area contributed by atoms with E-state index in [9.17, 15) is 9.18 Å². The summed E-state index contributed by atoms with van der Waals surface area (Å²) >= 11 is 0. The van der Waals surface area contributed by atoms with Crippen LogP contribution in [0, 0.1) is 12.7 Å². The van der Waals surface area contributed by atoms with Crippen molar-refractivity contribution >= 4 is 23.5 Å². The Balaban J connectivity index is 1.87. The third-order valence-electron chi connectivity index (χ3n) is 3.05. The van der Waals surface area contributed by atoms with E-state index >= 15 is 0 Å². The molecule has 0 aliphatic rings. The summed E-state index contributed by atoms with van der Waals surface area (Å²) in [5.41, 5.74) is 0.965. The third-order valence-corrected chi connectivity index (χ3v) is 3.05. The van der Waals surface area contributed by atoms with Crippen LogP contribution in [0.1, 0.15) is 26.5 Å². The lowest BCUT2D eigenvalue weighted by Crippen LogP contribution is -2.35. The van der Waals surface area contributed by atoms with Gasteiger partial charge in [0.05, 0.1) is 0 Å². The van der Waals surface area contributed by atoms with Gasteiger partial charge in [0.1, 0.15) is 17.2 Å². The van der Waals surface area contributed by atoms with Crippen LogP contribution in [0.4, 0.5) is 26.6 Å². The van der Waals surface area contributed by atoms with Crippen molar-refractivity contribution in [2.45, 2.75) is 33.3 Å². The van der Waals surface area contributed by atoms with Gasteiger partial charge in [-0.15, -0.1) is 0 Å². The van der Waals surface area contributed by atoms with Crippen molar-refractivity contribution in [3.63, 3.8) is 0 Å². The second-order valence-corrected chi connectivity index (χ2v) is 6.71. The number of aryl methyl sites for hydroxylation is 1. The fraction of sp³-hybridized carbons (Fsp3) is 0.389. The molecule has 1 aromatic carbocycles. The van der Waals surface area contributed by atoms with Gasteiger partial charge in [0.25, 0.3) is 0 Å². The van der Waals surface area contributed by atoms with Crippen LogP contribution in [-0.4, -0.2) is 34.8 Å². The number of aromatic nitrogens is 2. The molecular weight excluding hydrogens is 337 g/mol. The van der Waals surface area contributed by atoms with Crippen molar-refractivity contribution in [1.82, 2.24) is 15.3 Å². The van der Waals surface area contributed by atoms with Gasteiger partial charge in [-0.3, -0.25) is 0 Å². The normalized spacial score (nSPS) is 11.0. The Morgan fingerprint density at radius 2 is 1.85 bits per heavy atom. The van der Waals surface area contributed by atoms with E-state index in [0.717, 1.165) is 11.4 Å². The van der Waals surface area contributed by atoms with Crippen LogP contribution in [0.2, 0.25) is 0 Å². The second kappa shape index (κ2) is 8.46. The van der Waals surface area contributed by atoms with Gasteiger partial charge in [0.15, 0.2) is 0 Å². The van der Waals surface area contributed by atoms with Crippen molar-refractivity contribution in [3.05, 3.63) is 41.8 Å². The topological polar surface area (TPSA) is 88.2 Å². The number of ether oxygens (including phenoxy) is 1. The predicted octanol–water partition coefficient (Wildman–Crippen LogP) is 3.60. The lowest BCUT2D eigenvalue weighted by molar-refractivity contribution is 0.0530. The summed E-state index contributed by atoms with van der Waals surface area (Å²) in [4.78, 5) is 20.2. The molecule has 2 rings (SSSR count). The first kappa shape index (κ1) is 19.4.